The van der Waals surface area contributed by atoms with Gasteiger partial charge in [-0.25, -0.2) is 8.42 Å². The first-order valence-corrected chi connectivity index (χ1v) is 9.30. The molecule has 1 amide bonds. The van der Waals surface area contributed by atoms with E-state index in [1.165, 1.54) is 6.07 Å². The maximum absolute atomic E-state index is 12.4. The molecule has 2 atom stereocenters. The van der Waals surface area contributed by atoms with Crippen LogP contribution in [0.3, 0.4) is 0 Å². The zero-order valence-electron chi connectivity index (χ0n) is 12.1. The lowest BCUT2D eigenvalue weighted by molar-refractivity contribution is 0.0786. The van der Waals surface area contributed by atoms with Crippen molar-refractivity contribution >= 4 is 37.2 Å². The van der Waals surface area contributed by atoms with Crippen molar-refractivity contribution in [3.63, 3.8) is 0 Å². The molecule has 1 saturated carbocycles. The summed E-state index contributed by atoms with van der Waals surface area (Å²) in [6.07, 6.45) is 1.12. The molecule has 1 fully saturated rings. The lowest BCUT2D eigenvalue weighted by atomic mass is 10.1. The number of rotatable bonds is 4. The van der Waals surface area contributed by atoms with Gasteiger partial charge in [0.25, 0.3) is 15.0 Å². The molecule has 0 spiro atoms. The summed E-state index contributed by atoms with van der Waals surface area (Å²) < 4.78 is 23.1. The van der Waals surface area contributed by atoms with Crippen molar-refractivity contribution in [2.24, 2.45) is 11.8 Å². The van der Waals surface area contributed by atoms with Crippen molar-refractivity contribution in [3.05, 3.63) is 28.3 Å². The number of hydrogen-bond acceptors (Lipinski definition) is 3. The molecule has 0 radical (unpaired) electrons. The summed E-state index contributed by atoms with van der Waals surface area (Å²) in [6.45, 7) is 4.46. The highest BCUT2D eigenvalue weighted by Gasteiger charge is 2.34. The molecule has 7 heteroatoms. The number of hydrogen-bond donors (Lipinski definition) is 0. The van der Waals surface area contributed by atoms with E-state index < -0.39 is 9.05 Å². The number of amides is 1. The standard InChI is InChI=1S/C14H17Cl2NO3S/c1-8-4-11(8)7-17(3)14(18)10-5-9(2)13(15)12(6-10)21(16,19)20/h5-6,8,11H,4,7H2,1-3H3. The van der Waals surface area contributed by atoms with Gasteiger partial charge in [0.15, 0.2) is 0 Å². The van der Waals surface area contributed by atoms with E-state index in [-0.39, 0.29) is 21.4 Å². The average Bonchev–Trinajstić information content (AvgIpc) is 3.05. The molecule has 0 N–H and O–H groups in total. The predicted molar refractivity (Wildman–Crippen MR) is 83.5 cm³/mol. The molecule has 1 aromatic rings. The van der Waals surface area contributed by atoms with Gasteiger partial charge in [-0.3, -0.25) is 4.79 Å². The molecule has 2 rings (SSSR count). The number of carbonyl (C=O) groups excluding carboxylic acids is 1. The van der Waals surface area contributed by atoms with Gasteiger partial charge >= 0.3 is 0 Å². The minimum absolute atomic E-state index is 0.0556. The van der Waals surface area contributed by atoms with Gasteiger partial charge in [0.1, 0.15) is 4.90 Å². The Kier molecular flexibility index (Phi) is 4.57. The molecule has 116 valence electrons. The van der Waals surface area contributed by atoms with E-state index in [1.807, 2.05) is 0 Å². The Morgan fingerprint density at radius 3 is 2.48 bits per heavy atom. The van der Waals surface area contributed by atoms with Crippen LogP contribution in [0.2, 0.25) is 5.02 Å². The number of halogens is 2. The van der Waals surface area contributed by atoms with Gasteiger partial charge < -0.3 is 4.90 Å². The summed E-state index contributed by atoms with van der Waals surface area (Å²) in [5.41, 5.74) is 0.793. The third-order valence-electron chi connectivity index (χ3n) is 3.86. The second-order valence-electron chi connectivity index (χ2n) is 5.70. The van der Waals surface area contributed by atoms with E-state index in [2.05, 4.69) is 6.92 Å². The summed E-state index contributed by atoms with van der Waals surface area (Å²) in [5.74, 6) is 0.949. The Hall–Kier alpha value is -0.780. The fourth-order valence-electron chi connectivity index (χ4n) is 2.35. The largest absolute Gasteiger partial charge is 0.341 e. The van der Waals surface area contributed by atoms with Gasteiger partial charge in [0.2, 0.25) is 0 Å². The average molecular weight is 350 g/mol. The molecule has 2 unspecified atom stereocenters. The Balaban J connectivity index is 2.31. The Labute approximate surface area is 134 Å². The van der Waals surface area contributed by atoms with E-state index in [1.54, 1.807) is 24.9 Å². The van der Waals surface area contributed by atoms with Crippen LogP contribution in [0.5, 0.6) is 0 Å². The van der Waals surface area contributed by atoms with Crippen LogP contribution in [0.4, 0.5) is 0 Å². The normalized spacial score (nSPS) is 21.2. The second-order valence-corrected chi connectivity index (χ2v) is 8.61. The van der Waals surface area contributed by atoms with Crippen molar-refractivity contribution in [2.75, 3.05) is 13.6 Å². The van der Waals surface area contributed by atoms with E-state index in [0.29, 0.717) is 23.9 Å². The highest BCUT2D eigenvalue weighted by molar-refractivity contribution is 8.13. The second kappa shape index (κ2) is 5.78. The molecule has 4 nitrogen and oxygen atoms in total. The summed E-state index contributed by atoms with van der Waals surface area (Å²) in [5, 5.41) is 0.0556. The van der Waals surface area contributed by atoms with Gasteiger partial charge in [-0.05, 0) is 42.9 Å². The van der Waals surface area contributed by atoms with Crippen molar-refractivity contribution < 1.29 is 13.2 Å². The van der Waals surface area contributed by atoms with Gasteiger partial charge in [0, 0.05) is 29.8 Å². The minimum Gasteiger partial charge on any atom is -0.341 e. The van der Waals surface area contributed by atoms with Crippen molar-refractivity contribution in [3.8, 4) is 0 Å². The number of benzene rings is 1. The van der Waals surface area contributed by atoms with Crippen LogP contribution in [0.15, 0.2) is 17.0 Å². The topological polar surface area (TPSA) is 54.5 Å². The number of nitrogens with zero attached hydrogens (tertiary/aromatic N) is 1. The smallest absolute Gasteiger partial charge is 0.262 e. The summed E-state index contributed by atoms with van der Waals surface area (Å²) in [4.78, 5) is 13.8. The molecule has 1 aromatic carbocycles. The lowest BCUT2D eigenvalue weighted by Gasteiger charge is -2.18. The monoisotopic (exact) mass is 349 g/mol. The fourth-order valence-corrected chi connectivity index (χ4v) is 3.89. The Bertz CT molecular complexity index is 688. The predicted octanol–water partition coefficient (Wildman–Crippen LogP) is 3.30. The van der Waals surface area contributed by atoms with E-state index in [0.717, 1.165) is 6.42 Å². The summed E-state index contributed by atoms with van der Waals surface area (Å²) >= 11 is 5.96. The van der Waals surface area contributed by atoms with Crippen LogP contribution < -0.4 is 0 Å². The zero-order chi connectivity index (χ0) is 15.9. The van der Waals surface area contributed by atoms with Gasteiger partial charge in [-0.15, -0.1) is 0 Å². The third-order valence-corrected chi connectivity index (χ3v) is 5.82. The summed E-state index contributed by atoms with van der Waals surface area (Å²) in [7, 11) is 3.10. The minimum atomic E-state index is -3.99. The quantitative estimate of drug-likeness (QED) is 0.783. The van der Waals surface area contributed by atoms with Crippen molar-refractivity contribution in [1.82, 2.24) is 4.90 Å². The lowest BCUT2D eigenvalue weighted by Crippen LogP contribution is -2.29. The number of aryl methyl sites for hydroxylation is 1. The molecule has 1 aliphatic rings. The Morgan fingerprint density at radius 2 is 2.00 bits per heavy atom. The van der Waals surface area contributed by atoms with Crippen LogP contribution in [0.25, 0.3) is 0 Å². The first-order valence-electron chi connectivity index (χ1n) is 6.61. The maximum Gasteiger partial charge on any atom is 0.262 e. The van der Waals surface area contributed by atoms with Crippen LogP contribution in [0.1, 0.15) is 29.3 Å². The van der Waals surface area contributed by atoms with Gasteiger partial charge in [-0.1, -0.05) is 18.5 Å². The highest BCUT2D eigenvalue weighted by Crippen LogP contribution is 2.38. The molecule has 0 aliphatic heterocycles. The first-order chi connectivity index (χ1) is 9.61. The maximum atomic E-state index is 12.4. The molecule has 1 aliphatic carbocycles. The van der Waals surface area contributed by atoms with E-state index in [9.17, 15) is 13.2 Å². The van der Waals surface area contributed by atoms with Crippen molar-refractivity contribution in [1.29, 1.82) is 0 Å². The van der Waals surface area contributed by atoms with E-state index >= 15 is 0 Å². The van der Waals surface area contributed by atoms with Gasteiger partial charge in [0.05, 0.1) is 5.02 Å². The number of carbonyl (C=O) groups is 1. The van der Waals surface area contributed by atoms with Crippen LogP contribution in [0, 0.1) is 18.8 Å². The molecule has 0 bridgehead atoms. The molecular formula is C14H17Cl2NO3S. The van der Waals surface area contributed by atoms with Crippen LogP contribution in [-0.2, 0) is 9.05 Å². The fraction of sp³-hybridized carbons (Fsp3) is 0.500. The zero-order valence-corrected chi connectivity index (χ0v) is 14.4. The Morgan fingerprint density at radius 1 is 1.43 bits per heavy atom. The van der Waals surface area contributed by atoms with Crippen LogP contribution in [-0.4, -0.2) is 32.8 Å². The molecular weight excluding hydrogens is 333 g/mol. The van der Waals surface area contributed by atoms with Gasteiger partial charge in [-0.2, -0.15) is 0 Å². The van der Waals surface area contributed by atoms with E-state index in [4.69, 9.17) is 22.3 Å². The molecule has 0 saturated heterocycles. The highest BCUT2D eigenvalue weighted by atomic mass is 35.7. The molecule has 0 heterocycles. The third kappa shape index (κ3) is 3.71. The van der Waals surface area contributed by atoms with Crippen molar-refractivity contribution in [2.45, 2.75) is 25.2 Å². The first kappa shape index (κ1) is 16.6. The SMILES string of the molecule is Cc1cc(C(=O)N(C)CC2CC2C)cc(S(=O)(=O)Cl)c1Cl. The molecule has 21 heavy (non-hydrogen) atoms. The molecule has 0 aromatic heterocycles. The van der Waals surface area contributed by atoms with Crippen LogP contribution >= 0.6 is 22.3 Å². The summed E-state index contributed by atoms with van der Waals surface area (Å²) in [6, 6.07) is 2.83.